The second-order valence-electron chi connectivity index (χ2n) is 2.30. The van der Waals surface area contributed by atoms with Gasteiger partial charge in [0.05, 0.1) is 8.49 Å². The van der Waals surface area contributed by atoms with Crippen molar-refractivity contribution in [3.8, 4) is 0 Å². The minimum Gasteiger partial charge on any atom is -0.258 e. The van der Waals surface area contributed by atoms with Crippen LogP contribution in [0.1, 0.15) is 5.56 Å². The Kier molecular flexibility index (Phi) is 2.94. The largest absolute Gasteiger partial charge is 0.286 e. The smallest absolute Gasteiger partial charge is 0.258 e. The molecule has 0 bridgehead atoms. The zero-order valence-corrected chi connectivity index (χ0v) is 9.30. The van der Waals surface area contributed by atoms with E-state index in [2.05, 4.69) is 12.6 Å². The Morgan fingerprint density at radius 3 is 2.58 bits per heavy atom. The quantitative estimate of drug-likeness (QED) is 0.375. The predicted octanol–water partition coefficient (Wildman–Crippen LogP) is 2.80. The Bertz CT molecular complexity index is 340. The zero-order valence-electron chi connectivity index (χ0n) is 6.24. The van der Waals surface area contributed by atoms with Gasteiger partial charge in [0.2, 0.25) is 0 Å². The van der Waals surface area contributed by atoms with Gasteiger partial charge in [0.1, 0.15) is 0 Å². The first-order valence-corrected chi connectivity index (χ1v) is 4.69. The maximum atomic E-state index is 10.6. The van der Waals surface area contributed by atoms with Crippen molar-refractivity contribution in [2.75, 3.05) is 0 Å². The minimum absolute atomic E-state index is 0.156. The molecule has 5 heteroatoms. The van der Waals surface area contributed by atoms with E-state index in [4.69, 9.17) is 0 Å². The first-order chi connectivity index (χ1) is 5.54. The number of thiol groups is 1. The summed E-state index contributed by atoms with van der Waals surface area (Å²) in [4.78, 5) is 10.8. The third kappa shape index (κ3) is 1.71. The summed E-state index contributed by atoms with van der Waals surface area (Å²) in [6.45, 7) is 1.70. The Morgan fingerprint density at radius 1 is 1.58 bits per heavy atom. The van der Waals surface area contributed by atoms with Crippen molar-refractivity contribution in [2.45, 2.75) is 11.8 Å². The molecule has 0 amide bonds. The van der Waals surface area contributed by atoms with Gasteiger partial charge in [0, 0.05) is 10.5 Å². The van der Waals surface area contributed by atoms with E-state index in [1.165, 1.54) is 0 Å². The van der Waals surface area contributed by atoms with E-state index in [9.17, 15) is 10.1 Å². The highest BCUT2D eigenvalue weighted by atomic mass is 127. The molecule has 0 heterocycles. The number of nitro groups is 1. The average Bonchev–Trinajstić information content (AvgIpc) is 1.97. The lowest BCUT2D eigenvalue weighted by Gasteiger charge is -2.01. The van der Waals surface area contributed by atoms with Crippen LogP contribution in [0.5, 0.6) is 0 Å². The summed E-state index contributed by atoms with van der Waals surface area (Å²) < 4.78 is 0.646. The summed E-state index contributed by atoms with van der Waals surface area (Å²) in [6, 6.07) is 3.45. The maximum absolute atomic E-state index is 10.6. The van der Waals surface area contributed by atoms with Gasteiger partial charge in [-0.05, 0) is 41.6 Å². The summed E-state index contributed by atoms with van der Waals surface area (Å²) in [5.41, 5.74) is 0.776. The SMILES string of the molecule is Cc1c(S)ccc(I)c1[N+](=O)[O-]. The van der Waals surface area contributed by atoms with Crippen molar-refractivity contribution in [1.82, 2.24) is 0 Å². The Balaban J connectivity index is 3.43. The number of halogens is 1. The fourth-order valence-electron chi connectivity index (χ4n) is 0.881. The molecule has 0 radical (unpaired) electrons. The first-order valence-electron chi connectivity index (χ1n) is 3.16. The van der Waals surface area contributed by atoms with Crippen LogP contribution in [0.3, 0.4) is 0 Å². The monoisotopic (exact) mass is 295 g/mol. The average molecular weight is 295 g/mol. The van der Waals surface area contributed by atoms with E-state index in [-0.39, 0.29) is 10.6 Å². The van der Waals surface area contributed by atoms with Gasteiger partial charge in [0.25, 0.3) is 5.69 Å². The van der Waals surface area contributed by atoms with Crippen molar-refractivity contribution in [3.63, 3.8) is 0 Å². The van der Waals surface area contributed by atoms with Gasteiger partial charge in [-0.2, -0.15) is 0 Å². The molecule has 0 saturated carbocycles. The van der Waals surface area contributed by atoms with Crippen molar-refractivity contribution in [3.05, 3.63) is 31.4 Å². The topological polar surface area (TPSA) is 43.1 Å². The normalized spacial score (nSPS) is 9.92. The molecular weight excluding hydrogens is 289 g/mol. The van der Waals surface area contributed by atoms with Crippen molar-refractivity contribution in [1.29, 1.82) is 0 Å². The van der Waals surface area contributed by atoms with Crippen LogP contribution < -0.4 is 0 Å². The molecule has 0 saturated heterocycles. The van der Waals surface area contributed by atoms with Gasteiger partial charge in [-0.15, -0.1) is 12.6 Å². The van der Waals surface area contributed by atoms with E-state index in [1.807, 2.05) is 22.6 Å². The third-order valence-electron chi connectivity index (χ3n) is 1.54. The first kappa shape index (κ1) is 9.79. The summed E-state index contributed by atoms with van der Waals surface area (Å²) in [6.07, 6.45) is 0. The molecule has 12 heavy (non-hydrogen) atoms. The van der Waals surface area contributed by atoms with Crippen molar-refractivity contribution >= 4 is 40.9 Å². The van der Waals surface area contributed by atoms with Crippen LogP contribution in [0.4, 0.5) is 5.69 Å². The van der Waals surface area contributed by atoms with E-state index >= 15 is 0 Å². The molecule has 0 aliphatic rings. The lowest BCUT2D eigenvalue weighted by Crippen LogP contribution is -1.95. The predicted molar refractivity (Wildman–Crippen MR) is 57.8 cm³/mol. The van der Waals surface area contributed by atoms with Gasteiger partial charge in [-0.25, -0.2) is 0 Å². The van der Waals surface area contributed by atoms with E-state index in [0.717, 1.165) is 0 Å². The summed E-state index contributed by atoms with van der Waals surface area (Å²) in [5.74, 6) is 0. The molecular formula is C7H6INO2S. The highest BCUT2D eigenvalue weighted by Gasteiger charge is 2.16. The summed E-state index contributed by atoms with van der Waals surface area (Å²) in [5, 5.41) is 10.6. The minimum atomic E-state index is -0.378. The van der Waals surface area contributed by atoms with Gasteiger partial charge in [-0.1, -0.05) is 0 Å². The van der Waals surface area contributed by atoms with Crippen LogP contribution in [-0.2, 0) is 0 Å². The molecule has 64 valence electrons. The maximum Gasteiger partial charge on any atom is 0.286 e. The molecule has 0 fully saturated rings. The lowest BCUT2D eigenvalue weighted by atomic mass is 10.2. The van der Waals surface area contributed by atoms with E-state index < -0.39 is 0 Å². The number of benzene rings is 1. The van der Waals surface area contributed by atoms with Gasteiger partial charge in [0.15, 0.2) is 0 Å². The van der Waals surface area contributed by atoms with Gasteiger partial charge < -0.3 is 0 Å². The van der Waals surface area contributed by atoms with E-state index in [1.54, 1.807) is 19.1 Å². The molecule has 0 unspecified atom stereocenters. The molecule has 0 spiro atoms. The van der Waals surface area contributed by atoms with Crippen molar-refractivity contribution < 1.29 is 4.92 Å². The standard InChI is InChI=1S/C7H6INO2S/c1-4-6(12)3-2-5(8)7(4)9(10)11/h2-3,12H,1H3. The third-order valence-corrected chi connectivity index (χ3v) is 2.89. The van der Waals surface area contributed by atoms with Gasteiger partial charge >= 0.3 is 0 Å². The molecule has 0 atom stereocenters. The van der Waals surface area contributed by atoms with Crippen LogP contribution >= 0.6 is 35.2 Å². The number of rotatable bonds is 1. The lowest BCUT2D eigenvalue weighted by molar-refractivity contribution is -0.386. The Hall–Kier alpha value is -0.300. The number of hydrogen-bond donors (Lipinski definition) is 1. The van der Waals surface area contributed by atoms with E-state index in [0.29, 0.717) is 14.0 Å². The molecule has 1 rings (SSSR count). The van der Waals surface area contributed by atoms with Gasteiger partial charge in [-0.3, -0.25) is 10.1 Å². The second kappa shape index (κ2) is 3.61. The molecule has 0 aliphatic heterocycles. The van der Waals surface area contributed by atoms with Crippen LogP contribution in [0, 0.1) is 20.6 Å². The molecule has 3 nitrogen and oxygen atoms in total. The van der Waals surface area contributed by atoms with Crippen molar-refractivity contribution in [2.24, 2.45) is 0 Å². The molecule has 0 aromatic heterocycles. The second-order valence-corrected chi connectivity index (χ2v) is 3.94. The van der Waals surface area contributed by atoms with Crippen LogP contribution in [0.25, 0.3) is 0 Å². The Labute approximate surface area is 88.9 Å². The van der Waals surface area contributed by atoms with Crippen LogP contribution in [0.15, 0.2) is 17.0 Å². The van der Waals surface area contributed by atoms with Crippen LogP contribution in [0.2, 0.25) is 0 Å². The molecule has 1 aromatic carbocycles. The fourth-order valence-corrected chi connectivity index (χ4v) is 1.84. The zero-order chi connectivity index (χ0) is 9.30. The summed E-state index contributed by atoms with van der Waals surface area (Å²) in [7, 11) is 0. The number of nitrogens with zero attached hydrogens (tertiary/aromatic N) is 1. The molecule has 1 aromatic rings. The Morgan fingerprint density at radius 2 is 2.17 bits per heavy atom. The number of nitro benzene ring substituents is 1. The highest BCUT2D eigenvalue weighted by Crippen LogP contribution is 2.29. The molecule has 0 N–H and O–H groups in total. The van der Waals surface area contributed by atoms with Crippen LogP contribution in [-0.4, -0.2) is 4.92 Å². The summed E-state index contributed by atoms with van der Waals surface area (Å²) >= 11 is 6.04. The highest BCUT2D eigenvalue weighted by molar-refractivity contribution is 14.1. The number of hydrogen-bond acceptors (Lipinski definition) is 3. The molecule has 0 aliphatic carbocycles. The fraction of sp³-hybridized carbons (Fsp3) is 0.143.